The summed E-state index contributed by atoms with van der Waals surface area (Å²) in [7, 11) is 0. The Balaban J connectivity index is 1.66. The van der Waals surface area contributed by atoms with Gasteiger partial charge in [-0.3, -0.25) is 4.79 Å². The summed E-state index contributed by atoms with van der Waals surface area (Å²) in [6, 6.07) is 11.1. The van der Waals surface area contributed by atoms with Crippen molar-refractivity contribution in [3.63, 3.8) is 0 Å². The maximum Gasteiger partial charge on any atom is 0.416 e. The monoisotopic (exact) mass is 394 g/mol. The van der Waals surface area contributed by atoms with Crippen molar-refractivity contribution in [2.75, 3.05) is 25.1 Å². The van der Waals surface area contributed by atoms with Crippen LogP contribution < -0.4 is 15.8 Å². The molecular formula is C20H21F3N2O3. The van der Waals surface area contributed by atoms with E-state index in [4.69, 9.17) is 15.2 Å². The molecule has 0 bridgehead atoms. The fourth-order valence-electron chi connectivity index (χ4n) is 3.03. The summed E-state index contributed by atoms with van der Waals surface area (Å²) in [5.41, 5.74) is 4.96. The van der Waals surface area contributed by atoms with E-state index in [0.717, 1.165) is 12.1 Å². The maximum atomic E-state index is 12.8. The summed E-state index contributed by atoms with van der Waals surface area (Å²) in [6.45, 7) is 1.22. The average molecular weight is 394 g/mol. The number of carbonyl (C=O) groups is 1. The highest BCUT2D eigenvalue weighted by molar-refractivity contribution is 5.95. The Kier molecular flexibility index (Phi) is 5.90. The van der Waals surface area contributed by atoms with Crippen LogP contribution in [0, 0.1) is 5.41 Å². The summed E-state index contributed by atoms with van der Waals surface area (Å²) in [5.74, 6) is 0.276. The first-order chi connectivity index (χ1) is 13.3. The first kappa shape index (κ1) is 20.2. The van der Waals surface area contributed by atoms with E-state index in [9.17, 15) is 18.0 Å². The zero-order valence-corrected chi connectivity index (χ0v) is 15.1. The molecule has 5 nitrogen and oxygen atoms in total. The molecule has 8 heteroatoms. The molecule has 1 amide bonds. The van der Waals surface area contributed by atoms with Crippen LogP contribution in [0.15, 0.2) is 48.5 Å². The van der Waals surface area contributed by atoms with E-state index in [1.54, 1.807) is 24.3 Å². The van der Waals surface area contributed by atoms with Crippen LogP contribution in [-0.2, 0) is 15.7 Å². The molecule has 0 saturated carbocycles. The van der Waals surface area contributed by atoms with Crippen LogP contribution in [0.4, 0.5) is 18.9 Å². The van der Waals surface area contributed by atoms with Gasteiger partial charge in [-0.2, -0.15) is 13.2 Å². The third kappa shape index (κ3) is 4.63. The lowest BCUT2D eigenvalue weighted by Gasteiger charge is -2.34. The molecule has 3 rings (SSSR count). The van der Waals surface area contributed by atoms with Gasteiger partial charge in [-0.1, -0.05) is 6.07 Å². The Morgan fingerprint density at radius 3 is 2.39 bits per heavy atom. The van der Waals surface area contributed by atoms with Gasteiger partial charge in [0.2, 0.25) is 5.91 Å². The fourth-order valence-corrected chi connectivity index (χ4v) is 3.03. The zero-order chi connectivity index (χ0) is 20.2. The number of benzene rings is 2. The number of ether oxygens (including phenoxy) is 2. The molecule has 0 spiro atoms. The average Bonchev–Trinajstić information content (AvgIpc) is 2.69. The molecule has 1 heterocycles. The van der Waals surface area contributed by atoms with Crippen molar-refractivity contribution < 1.29 is 27.4 Å². The molecular weight excluding hydrogens is 373 g/mol. The van der Waals surface area contributed by atoms with E-state index < -0.39 is 17.2 Å². The van der Waals surface area contributed by atoms with Crippen molar-refractivity contribution in [3.05, 3.63) is 54.1 Å². The SMILES string of the molecule is NCC1(C(=O)Nc2ccc(Oc3cccc(C(F)(F)F)c3)cc2)CCOCC1. The molecule has 0 aliphatic carbocycles. The van der Waals surface area contributed by atoms with Crippen molar-refractivity contribution in [1.82, 2.24) is 0 Å². The van der Waals surface area contributed by atoms with Crippen LogP contribution in [0.3, 0.4) is 0 Å². The molecule has 1 saturated heterocycles. The minimum Gasteiger partial charge on any atom is -0.457 e. The summed E-state index contributed by atoms with van der Waals surface area (Å²) in [5, 5.41) is 2.84. The van der Waals surface area contributed by atoms with Crippen molar-refractivity contribution >= 4 is 11.6 Å². The van der Waals surface area contributed by atoms with Crippen LogP contribution in [0.5, 0.6) is 11.5 Å². The molecule has 0 atom stereocenters. The lowest BCUT2D eigenvalue weighted by atomic mass is 9.79. The quantitative estimate of drug-likeness (QED) is 0.798. The molecule has 1 fully saturated rings. The minimum absolute atomic E-state index is 0.0795. The number of amides is 1. The van der Waals surface area contributed by atoms with E-state index in [-0.39, 0.29) is 18.2 Å². The Morgan fingerprint density at radius 2 is 1.79 bits per heavy atom. The predicted octanol–water partition coefficient (Wildman–Crippen LogP) is 4.19. The van der Waals surface area contributed by atoms with Crippen LogP contribution in [0.25, 0.3) is 0 Å². The van der Waals surface area contributed by atoms with E-state index in [2.05, 4.69) is 5.32 Å². The first-order valence-corrected chi connectivity index (χ1v) is 8.87. The highest BCUT2D eigenvalue weighted by Crippen LogP contribution is 2.33. The normalized spacial score (nSPS) is 16.4. The lowest BCUT2D eigenvalue weighted by Crippen LogP contribution is -2.46. The molecule has 0 radical (unpaired) electrons. The summed E-state index contributed by atoms with van der Waals surface area (Å²) in [6.07, 6.45) is -3.31. The fraction of sp³-hybridized carbons (Fsp3) is 0.350. The third-order valence-corrected chi connectivity index (χ3v) is 4.83. The third-order valence-electron chi connectivity index (χ3n) is 4.83. The summed E-state index contributed by atoms with van der Waals surface area (Å²) in [4.78, 5) is 12.6. The van der Waals surface area contributed by atoms with Crippen LogP contribution >= 0.6 is 0 Å². The predicted molar refractivity (Wildman–Crippen MR) is 98.1 cm³/mol. The van der Waals surface area contributed by atoms with E-state index >= 15 is 0 Å². The molecule has 28 heavy (non-hydrogen) atoms. The minimum atomic E-state index is -4.43. The lowest BCUT2D eigenvalue weighted by molar-refractivity contribution is -0.137. The first-order valence-electron chi connectivity index (χ1n) is 8.87. The molecule has 0 aromatic heterocycles. The number of anilines is 1. The van der Waals surface area contributed by atoms with Crippen molar-refractivity contribution in [2.45, 2.75) is 19.0 Å². The molecule has 1 aliphatic rings. The number of halogens is 3. The van der Waals surface area contributed by atoms with E-state index in [1.807, 2.05) is 0 Å². The molecule has 150 valence electrons. The van der Waals surface area contributed by atoms with Gasteiger partial charge in [-0.25, -0.2) is 0 Å². The van der Waals surface area contributed by atoms with Gasteiger partial charge in [0.05, 0.1) is 11.0 Å². The van der Waals surface area contributed by atoms with E-state index in [0.29, 0.717) is 37.5 Å². The Hall–Kier alpha value is -2.58. The van der Waals surface area contributed by atoms with Gasteiger partial charge in [0.25, 0.3) is 0 Å². The molecule has 1 aliphatic heterocycles. The van der Waals surface area contributed by atoms with Crippen molar-refractivity contribution in [3.8, 4) is 11.5 Å². The Labute approximate surface area is 160 Å². The number of hydrogen-bond acceptors (Lipinski definition) is 4. The van der Waals surface area contributed by atoms with Crippen LogP contribution in [-0.4, -0.2) is 25.7 Å². The van der Waals surface area contributed by atoms with Gasteiger partial charge < -0.3 is 20.5 Å². The highest BCUT2D eigenvalue weighted by atomic mass is 19.4. The second-order valence-electron chi connectivity index (χ2n) is 6.70. The standard InChI is InChI=1S/C20H21F3N2O3/c21-20(22,23)14-2-1-3-17(12-14)28-16-6-4-15(5-7-16)25-18(26)19(13-24)8-10-27-11-9-19/h1-7,12H,8-11,13,24H2,(H,25,26). The number of rotatable bonds is 5. The maximum absolute atomic E-state index is 12.8. The van der Waals surface area contributed by atoms with Crippen LogP contribution in [0.2, 0.25) is 0 Å². The van der Waals surface area contributed by atoms with Gasteiger partial charge in [0.15, 0.2) is 0 Å². The van der Waals surface area contributed by atoms with Gasteiger partial charge in [-0.05, 0) is 55.3 Å². The highest BCUT2D eigenvalue weighted by Gasteiger charge is 2.38. The molecule has 2 aromatic carbocycles. The van der Waals surface area contributed by atoms with Gasteiger partial charge in [0.1, 0.15) is 11.5 Å². The van der Waals surface area contributed by atoms with Crippen LogP contribution in [0.1, 0.15) is 18.4 Å². The molecule has 0 unspecified atom stereocenters. The largest absolute Gasteiger partial charge is 0.457 e. The Morgan fingerprint density at radius 1 is 1.11 bits per heavy atom. The van der Waals surface area contributed by atoms with Crippen molar-refractivity contribution in [1.29, 1.82) is 0 Å². The smallest absolute Gasteiger partial charge is 0.416 e. The zero-order valence-electron chi connectivity index (χ0n) is 15.1. The van der Waals surface area contributed by atoms with E-state index in [1.165, 1.54) is 12.1 Å². The van der Waals surface area contributed by atoms with Gasteiger partial charge >= 0.3 is 6.18 Å². The van der Waals surface area contributed by atoms with Gasteiger partial charge in [0, 0.05) is 25.4 Å². The summed E-state index contributed by atoms with van der Waals surface area (Å²) < 4.78 is 49.1. The second kappa shape index (κ2) is 8.20. The number of nitrogens with one attached hydrogen (secondary N) is 1. The summed E-state index contributed by atoms with van der Waals surface area (Å²) >= 11 is 0. The number of nitrogens with two attached hydrogens (primary N) is 1. The molecule has 2 aromatic rings. The van der Waals surface area contributed by atoms with Gasteiger partial charge in [-0.15, -0.1) is 0 Å². The van der Waals surface area contributed by atoms with Crippen molar-refractivity contribution in [2.24, 2.45) is 11.1 Å². The number of hydrogen-bond donors (Lipinski definition) is 2. The number of carbonyl (C=O) groups excluding carboxylic acids is 1. The number of alkyl halides is 3. The Bertz CT molecular complexity index is 816. The molecule has 3 N–H and O–H groups in total. The topological polar surface area (TPSA) is 73.6 Å². The second-order valence-corrected chi connectivity index (χ2v) is 6.70.